The smallest absolute Gasteiger partial charge is 0.270 e. The van der Waals surface area contributed by atoms with E-state index in [1.807, 2.05) is 18.2 Å². The number of nitro benzene ring substituents is 1. The van der Waals surface area contributed by atoms with Gasteiger partial charge < -0.3 is 15.1 Å². The summed E-state index contributed by atoms with van der Waals surface area (Å²) in [6, 6.07) is 15.2. The van der Waals surface area contributed by atoms with Gasteiger partial charge >= 0.3 is 0 Å². The Kier molecular flexibility index (Phi) is 9.65. The number of rotatable bonds is 7. The van der Waals surface area contributed by atoms with Gasteiger partial charge in [-0.2, -0.15) is 0 Å². The highest BCUT2D eigenvalue weighted by Gasteiger charge is 2.20. The van der Waals surface area contributed by atoms with Gasteiger partial charge in [0, 0.05) is 64.1 Å². The third kappa shape index (κ3) is 6.77. The Morgan fingerprint density at radius 2 is 1.75 bits per heavy atom. The molecule has 0 aromatic heterocycles. The number of nitrogens with one attached hydrogen (secondary N) is 2. The Labute approximate surface area is 204 Å². The molecular weight excluding hydrogens is 547 g/mol. The summed E-state index contributed by atoms with van der Waals surface area (Å²) in [6.07, 6.45) is 0. The Bertz CT molecular complexity index is 1030. The molecule has 0 bridgehead atoms. The average Bonchev–Trinajstić information content (AvgIpc) is 2.80. The Morgan fingerprint density at radius 1 is 1.06 bits per heavy atom. The number of guanidine groups is 1. The lowest BCUT2D eigenvalue weighted by molar-refractivity contribution is -0.385. The molecule has 0 aliphatic carbocycles. The predicted octanol–water partition coefficient (Wildman–Crippen LogP) is 1.89. The van der Waals surface area contributed by atoms with E-state index in [2.05, 4.69) is 37.0 Å². The number of non-ortho nitro benzene ring substituents is 1. The van der Waals surface area contributed by atoms with Crippen molar-refractivity contribution < 1.29 is 13.3 Å². The molecule has 1 saturated heterocycles. The lowest BCUT2D eigenvalue weighted by Gasteiger charge is -2.37. The summed E-state index contributed by atoms with van der Waals surface area (Å²) in [5.74, 6) is 0.710. The first-order valence-corrected chi connectivity index (χ1v) is 11.4. The number of hydrogen-bond acceptors (Lipinski definition) is 6. The Hall–Kier alpha value is -2.45. The van der Waals surface area contributed by atoms with Crippen LogP contribution in [-0.2, 0) is 10.0 Å². The standard InChI is InChI=1S/C20H26N6O4S.HI/c1-21-20(25-14-12-24(13-15-25)17-6-3-2-4-7-17)22-10-11-23-31(29,30)19-9-5-8-18(16-19)26(27)28;/h2-9,16,23H,10-15H2,1H3,(H,21,22);1H. The van der Waals surface area contributed by atoms with Gasteiger partial charge in [0.1, 0.15) is 0 Å². The van der Waals surface area contributed by atoms with E-state index < -0.39 is 14.9 Å². The molecule has 0 saturated carbocycles. The van der Waals surface area contributed by atoms with Crippen LogP contribution in [0.1, 0.15) is 0 Å². The minimum atomic E-state index is -3.84. The zero-order valence-corrected chi connectivity index (χ0v) is 20.8. The molecule has 12 heteroatoms. The van der Waals surface area contributed by atoms with Crippen molar-refractivity contribution in [1.82, 2.24) is 14.9 Å². The van der Waals surface area contributed by atoms with Crippen molar-refractivity contribution in [3.63, 3.8) is 0 Å². The first kappa shape index (κ1) is 25.8. The molecule has 174 valence electrons. The second-order valence-electron chi connectivity index (χ2n) is 6.94. The summed E-state index contributed by atoms with van der Waals surface area (Å²) in [7, 11) is -2.14. The molecule has 3 rings (SSSR count). The van der Waals surface area contributed by atoms with E-state index in [1.54, 1.807) is 7.05 Å². The van der Waals surface area contributed by atoms with Crippen LogP contribution in [0.15, 0.2) is 64.5 Å². The van der Waals surface area contributed by atoms with Crippen LogP contribution in [0, 0.1) is 10.1 Å². The molecular formula is C20H27IN6O4S. The third-order valence-corrected chi connectivity index (χ3v) is 6.41. The number of sulfonamides is 1. The fourth-order valence-electron chi connectivity index (χ4n) is 3.35. The number of para-hydroxylation sites is 1. The first-order chi connectivity index (χ1) is 14.9. The summed E-state index contributed by atoms with van der Waals surface area (Å²) in [6.45, 7) is 3.78. The maximum Gasteiger partial charge on any atom is 0.270 e. The molecule has 1 fully saturated rings. The molecule has 1 aliphatic rings. The van der Waals surface area contributed by atoms with Crippen LogP contribution in [-0.4, -0.2) is 70.5 Å². The zero-order valence-electron chi connectivity index (χ0n) is 17.7. The highest BCUT2D eigenvalue weighted by Crippen LogP contribution is 2.17. The lowest BCUT2D eigenvalue weighted by atomic mass is 10.2. The lowest BCUT2D eigenvalue weighted by Crippen LogP contribution is -2.53. The highest BCUT2D eigenvalue weighted by molar-refractivity contribution is 14.0. The van der Waals surface area contributed by atoms with Crippen molar-refractivity contribution in [1.29, 1.82) is 0 Å². The highest BCUT2D eigenvalue weighted by atomic mass is 127. The van der Waals surface area contributed by atoms with Crippen LogP contribution in [0.2, 0.25) is 0 Å². The summed E-state index contributed by atoms with van der Waals surface area (Å²) >= 11 is 0. The van der Waals surface area contributed by atoms with Crippen LogP contribution >= 0.6 is 24.0 Å². The number of nitrogens with zero attached hydrogens (tertiary/aromatic N) is 4. The van der Waals surface area contributed by atoms with E-state index in [9.17, 15) is 18.5 Å². The molecule has 1 heterocycles. The minimum Gasteiger partial charge on any atom is -0.368 e. The Balaban J connectivity index is 0.00000363. The van der Waals surface area contributed by atoms with Gasteiger partial charge in [-0.3, -0.25) is 15.1 Å². The number of aliphatic imine (C=N–C) groups is 1. The summed E-state index contributed by atoms with van der Waals surface area (Å²) in [5, 5.41) is 14.0. The molecule has 0 spiro atoms. The van der Waals surface area contributed by atoms with Gasteiger partial charge in [0.25, 0.3) is 5.69 Å². The van der Waals surface area contributed by atoms with E-state index >= 15 is 0 Å². The molecule has 0 radical (unpaired) electrons. The van der Waals surface area contributed by atoms with Gasteiger partial charge in [-0.05, 0) is 18.2 Å². The molecule has 32 heavy (non-hydrogen) atoms. The van der Waals surface area contributed by atoms with Crippen LogP contribution in [0.4, 0.5) is 11.4 Å². The van der Waals surface area contributed by atoms with Gasteiger partial charge in [-0.15, -0.1) is 24.0 Å². The third-order valence-electron chi connectivity index (χ3n) is 4.95. The molecule has 1 aliphatic heterocycles. The van der Waals surface area contributed by atoms with Gasteiger partial charge in [0.05, 0.1) is 9.82 Å². The molecule has 2 aromatic carbocycles. The van der Waals surface area contributed by atoms with E-state index in [4.69, 9.17) is 0 Å². The number of piperazine rings is 1. The number of benzene rings is 2. The van der Waals surface area contributed by atoms with Gasteiger partial charge in [0.15, 0.2) is 5.96 Å². The number of anilines is 1. The molecule has 10 nitrogen and oxygen atoms in total. The van der Waals surface area contributed by atoms with Crippen LogP contribution in [0.3, 0.4) is 0 Å². The van der Waals surface area contributed by atoms with Gasteiger partial charge in [0.2, 0.25) is 10.0 Å². The Morgan fingerprint density at radius 3 is 2.38 bits per heavy atom. The maximum absolute atomic E-state index is 12.4. The van der Waals surface area contributed by atoms with E-state index in [1.165, 1.54) is 23.9 Å². The summed E-state index contributed by atoms with van der Waals surface area (Å²) in [5.41, 5.74) is 0.927. The van der Waals surface area contributed by atoms with E-state index in [0.717, 1.165) is 32.2 Å². The molecule has 0 amide bonds. The fourth-order valence-corrected chi connectivity index (χ4v) is 4.43. The normalized spacial score (nSPS) is 14.6. The zero-order chi connectivity index (χ0) is 22.3. The fraction of sp³-hybridized carbons (Fsp3) is 0.350. The topological polar surface area (TPSA) is 120 Å². The van der Waals surface area contributed by atoms with Crippen molar-refractivity contribution in [3.05, 3.63) is 64.7 Å². The molecule has 0 atom stereocenters. The van der Waals surface area contributed by atoms with Gasteiger partial charge in [-0.25, -0.2) is 13.1 Å². The van der Waals surface area contributed by atoms with Crippen molar-refractivity contribution in [2.75, 3.05) is 51.2 Å². The second kappa shape index (κ2) is 12.0. The minimum absolute atomic E-state index is 0. The van der Waals surface area contributed by atoms with Crippen LogP contribution in [0.5, 0.6) is 0 Å². The molecule has 2 N–H and O–H groups in total. The SMILES string of the molecule is CN=C(NCCNS(=O)(=O)c1cccc([N+](=O)[O-])c1)N1CCN(c2ccccc2)CC1.I. The quantitative estimate of drug-likeness (QED) is 0.129. The largest absolute Gasteiger partial charge is 0.368 e. The second-order valence-corrected chi connectivity index (χ2v) is 8.70. The number of nitro groups is 1. The van der Waals surface area contributed by atoms with Crippen molar-refractivity contribution in [2.24, 2.45) is 4.99 Å². The van der Waals surface area contributed by atoms with E-state index in [0.29, 0.717) is 12.5 Å². The van der Waals surface area contributed by atoms with Crippen molar-refractivity contribution in [3.8, 4) is 0 Å². The average molecular weight is 574 g/mol. The maximum atomic E-state index is 12.4. The van der Waals surface area contributed by atoms with Crippen molar-refractivity contribution in [2.45, 2.75) is 4.90 Å². The van der Waals surface area contributed by atoms with Gasteiger partial charge in [-0.1, -0.05) is 24.3 Å². The first-order valence-electron chi connectivity index (χ1n) is 9.90. The van der Waals surface area contributed by atoms with Crippen LogP contribution in [0.25, 0.3) is 0 Å². The van der Waals surface area contributed by atoms with E-state index in [-0.39, 0.29) is 41.1 Å². The number of hydrogen-bond donors (Lipinski definition) is 2. The predicted molar refractivity (Wildman–Crippen MR) is 135 cm³/mol. The monoisotopic (exact) mass is 574 g/mol. The van der Waals surface area contributed by atoms with Crippen LogP contribution < -0.4 is 14.9 Å². The van der Waals surface area contributed by atoms with Crippen molar-refractivity contribution >= 4 is 51.3 Å². The summed E-state index contributed by atoms with van der Waals surface area (Å²) < 4.78 is 27.2. The molecule has 2 aromatic rings. The number of halogens is 1. The summed E-state index contributed by atoms with van der Waals surface area (Å²) in [4.78, 5) is 18.8. The molecule has 0 unspecified atom stereocenters.